The summed E-state index contributed by atoms with van der Waals surface area (Å²) in [5.41, 5.74) is 0.137. The van der Waals surface area contributed by atoms with Gasteiger partial charge in [0.1, 0.15) is 0 Å². The van der Waals surface area contributed by atoms with Gasteiger partial charge < -0.3 is 19.3 Å². The number of hydrogen-bond acceptors (Lipinski definition) is 10. The molecule has 12 heteroatoms. The Kier molecular flexibility index (Phi) is 14.9. The molecule has 2 aliphatic heterocycles. The number of rotatable bonds is 15. The number of hydrogen-bond donors (Lipinski definition) is 0. The summed E-state index contributed by atoms with van der Waals surface area (Å²) < 4.78 is 10.5. The average molecular weight is 834 g/mol. The first-order valence-electron chi connectivity index (χ1n) is 19.7. The summed E-state index contributed by atoms with van der Waals surface area (Å²) in [6, 6.07) is 0. The molecule has 10 nitrogen and oxygen atoms in total. The molecule has 310 valence electrons. The van der Waals surface area contributed by atoms with Crippen molar-refractivity contribution in [2.75, 3.05) is 13.1 Å². The smallest absolute Gasteiger partial charge is 0.304 e. The van der Waals surface area contributed by atoms with Gasteiger partial charge >= 0.3 is 11.9 Å². The summed E-state index contributed by atoms with van der Waals surface area (Å²) in [7, 11) is 0. The lowest BCUT2D eigenvalue weighted by Gasteiger charge is -2.36. The van der Waals surface area contributed by atoms with Crippen molar-refractivity contribution in [2.45, 2.75) is 106 Å². The SMILES string of the molecule is CCC(C)/C=C(C)/C=C/C1=CC2=C(Cl)C(=O)C(C)(OC(C)=O)C(=O)C2=CN1CCCCN1C=C2C(=O)C(C)(OC(C)=O)C(=O)C(Cl)=C2C=C1/C=C/C(C)=C/C(C)CC. The summed E-state index contributed by atoms with van der Waals surface area (Å²) >= 11 is 13.2. The molecule has 0 aromatic carbocycles. The van der Waals surface area contributed by atoms with Crippen LogP contribution in [0.25, 0.3) is 0 Å². The third-order valence-electron chi connectivity index (χ3n) is 10.7. The highest BCUT2D eigenvalue weighted by Crippen LogP contribution is 2.41. The molecule has 4 atom stereocenters. The van der Waals surface area contributed by atoms with Crippen LogP contribution >= 0.6 is 23.2 Å². The first-order valence-corrected chi connectivity index (χ1v) is 20.5. The fourth-order valence-corrected chi connectivity index (χ4v) is 7.68. The highest BCUT2D eigenvalue weighted by Gasteiger charge is 2.53. The van der Waals surface area contributed by atoms with E-state index in [0.29, 0.717) is 49.2 Å². The van der Waals surface area contributed by atoms with E-state index in [1.165, 1.54) is 13.8 Å². The number of fused-ring (bicyclic) bond motifs is 2. The molecule has 0 saturated heterocycles. The molecule has 4 rings (SSSR count). The van der Waals surface area contributed by atoms with Gasteiger partial charge in [-0.15, -0.1) is 0 Å². The van der Waals surface area contributed by atoms with Gasteiger partial charge in [0, 0.05) is 73.0 Å². The maximum atomic E-state index is 13.8. The molecule has 0 aromatic rings. The summed E-state index contributed by atoms with van der Waals surface area (Å²) in [5, 5.41) is -0.381. The molecular weight excluding hydrogens is 779 g/mol. The van der Waals surface area contributed by atoms with Crippen molar-refractivity contribution < 1.29 is 38.2 Å². The van der Waals surface area contributed by atoms with Crippen LogP contribution in [0.4, 0.5) is 0 Å². The Bertz CT molecular complexity index is 1960. The molecule has 0 N–H and O–H groups in total. The van der Waals surface area contributed by atoms with Crippen LogP contribution in [0.1, 0.15) is 94.9 Å². The van der Waals surface area contributed by atoms with Crippen molar-refractivity contribution in [3.05, 3.63) is 116 Å². The number of allylic oxidation sites excluding steroid dienone is 12. The molecule has 0 spiro atoms. The number of ketones is 4. The lowest BCUT2D eigenvalue weighted by atomic mass is 9.79. The van der Waals surface area contributed by atoms with E-state index >= 15 is 0 Å². The van der Waals surface area contributed by atoms with E-state index in [-0.39, 0.29) is 32.4 Å². The van der Waals surface area contributed by atoms with Crippen molar-refractivity contribution in [3.63, 3.8) is 0 Å². The van der Waals surface area contributed by atoms with Gasteiger partial charge in [-0.1, -0.05) is 99.2 Å². The van der Waals surface area contributed by atoms with E-state index in [0.717, 1.165) is 37.8 Å². The van der Waals surface area contributed by atoms with Crippen molar-refractivity contribution in [3.8, 4) is 0 Å². The summed E-state index contributed by atoms with van der Waals surface area (Å²) in [6.07, 6.45) is 22.0. The molecule has 0 fully saturated rings. The van der Waals surface area contributed by atoms with Crippen LogP contribution in [0, 0.1) is 11.8 Å². The van der Waals surface area contributed by atoms with Gasteiger partial charge in [0.2, 0.25) is 34.3 Å². The highest BCUT2D eigenvalue weighted by molar-refractivity contribution is 6.50. The van der Waals surface area contributed by atoms with Gasteiger partial charge in [-0.25, -0.2) is 0 Å². The highest BCUT2D eigenvalue weighted by atomic mass is 35.5. The first-order chi connectivity index (χ1) is 27.2. The Morgan fingerprint density at radius 2 is 1.00 bits per heavy atom. The Morgan fingerprint density at radius 3 is 1.31 bits per heavy atom. The minimum atomic E-state index is -2.09. The number of esters is 2. The fraction of sp³-hybridized carbons (Fsp3) is 0.435. The van der Waals surface area contributed by atoms with E-state index in [2.05, 4.69) is 39.8 Å². The molecule has 0 bridgehead atoms. The second kappa shape index (κ2) is 18.9. The maximum Gasteiger partial charge on any atom is 0.304 e. The zero-order valence-corrected chi connectivity index (χ0v) is 36.6. The average Bonchev–Trinajstić information content (AvgIpc) is 3.17. The summed E-state index contributed by atoms with van der Waals surface area (Å²) in [4.78, 5) is 82.1. The van der Waals surface area contributed by atoms with Gasteiger partial charge in [0.25, 0.3) is 0 Å². The molecule has 2 aliphatic carbocycles. The molecular formula is C46H54Cl2N2O8. The Balaban J connectivity index is 1.69. The Hall–Kier alpha value is -4.80. The van der Waals surface area contributed by atoms with Crippen LogP contribution in [0.15, 0.2) is 116 Å². The van der Waals surface area contributed by atoms with E-state index in [9.17, 15) is 28.8 Å². The second-order valence-corrected chi connectivity index (χ2v) is 16.4. The lowest BCUT2D eigenvalue weighted by Crippen LogP contribution is -2.52. The van der Waals surface area contributed by atoms with E-state index < -0.39 is 46.3 Å². The first kappa shape index (κ1) is 45.9. The molecule has 2 heterocycles. The topological polar surface area (TPSA) is 127 Å². The second-order valence-electron chi connectivity index (χ2n) is 15.6. The standard InChI is InChI=1S/C46H54Cl2N2O8/c1-11-27(3)21-29(5)15-17-33-23-35-37(41(53)45(9,57-31(7)51)43(55)39(35)47)25-49(33)19-13-14-20-50-26-38-36(24-34(50)18-16-30(6)22-28(4)12-2)40(48)44(56)46(10,42(38)54)58-32(8)52/h15-18,21-28H,11-14,19-20H2,1-10H3/b17-15+,18-16+,29-21+,30-22+. The van der Waals surface area contributed by atoms with Gasteiger partial charge in [-0.2, -0.15) is 0 Å². The quantitative estimate of drug-likeness (QED) is 0.0683. The predicted octanol–water partition coefficient (Wildman–Crippen LogP) is 8.96. The minimum absolute atomic E-state index is 0.159. The van der Waals surface area contributed by atoms with Crippen LogP contribution in [0.5, 0.6) is 0 Å². The van der Waals surface area contributed by atoms with Crippen molar-refractivity contribution in [1.29, 1.82) is 0 Å². The zero-order valence-electron chi connectivity index (χ0n) is 35.1. The molecule has 0 aromatic heterocycles. The molecule has 4 unspecified atom stereocenters. The van der Waals surface area contributed by atoms with Crippen LogP contribution in [0.3, 0.4) is 0 Å². The van der Waals surface area contributed by atoms with Crippen LogP contribution in [-0.4, -0.2) is 69.2 Å². The minimum Gasteiger partial charge on any atom is -0.443 e. The van der Waals surface area contributed by atoms with Crippen molar-refractivity contribution in [2.24, 2.45) is 11.8 Å². The number of Topliss-reactive ketones (excluding diaryl/α,β-unsaturated/α-hetero) is 4. The van der Waals surface area contributed by atoms with E-state index in [1.54, 1.807) is 24.6 Å². The number of ether oxygens (including phenoxy) is 2. The van der Waals surface area contributed by atoms with E-state index in [4.69, 9.17) is 32.7 Å². The molecule has 58 heavy (non-hydrogen) atoms. The van der Waals surface area contributed by atoms with Gasteiger partial charge in [-0.3, -0.25) is 28.8 Å². The molecule has 0 saturated carbocycles. The van der Waals surface area contributed by atoms with Crippen molar-refractivity contribution >= 4 is 58.3 Å². The molecule has 0 amide bonds. The largest absolute Gasteiger partial charge is 0.443 e. The molecule has 0 radical (unpaired) electrons. The maximum absolute atomic E-state index is 13.8. The fourth-order valence-electron chi connectivity index (χ4n) is 7.00. The summed E-state index contributed by atoms with van der Waals surface area (Å²) in [5.74, 6) is -3.72. The van der Waals surface area contributed by atoms with Gasteiger partial charge in [-0.05, 0) is 76.7 Å². The number of carbonyl (C=O) groups excluding carboxylic acids is 6. The van der Waals surface area contributed by atoms with Crippen LogP contribution < -0.4 is 0 Å². The molecule has 4 aliphatic rings. The van der Waals surface area contributed by atoms with Crippen LogP contribution in [0.2, 0.25) is 0 Å². The zero-order chi connectivity index (χ0) is 43.3. The van der Waals surface area contributed by atoms with E-state index in [1.807, 2.05) is 48.0 Å². The van der Waals surface area contributed by atoms with Crippen molar-refractivity contribution in [1.82, 2.24) is 9.80 Å². The number of nitrogens with zero attached hydrogens (tertiary/aromatic N) is 2. The third-order valence-corrected chi connectivity index (χ3v) is 11.4. The van der Waals surface area contributed by atoms with Crippen LogP contribution in [-0.2, 0) is 38.2 Å². The normalized spacial score (nSPS) is 24.1. The third kappa shape index (κ3) is 9.89. The number of halogens is 2. The number of carbonyl (C=O) groups is 6. The monoisotopic (exact) mass is 832 g/mol. The number of unbranched alkanes of at least 4 members (excludes halogenated alkanes) is 1. The predicted molar refractivity (Wildman–Crippen MR) is 226 cm³/mol. The summed E-state index contributed by atoms with van der Waals surface area (Å²) in [6.45, 7) is 18.2. The van der Waals surface area contributed by atoms with Gasteiger partial charge in [0.05, 0.1) is 10.1 Å². The van der Waals surface area contributed by atoms with Gasteiger partial charge in [0.15, 0.2) is 0 Å². The lowest BCUT2D eigenvalue weighted by molar-refractivity contribution is -0.167. The Labute approximate surface area is 352 Å². The Morgan fingerprint density at radius 1 is 0.655 bits per heavy atom.